The van der Waals surface area contributed by atoms with Crippen molar-refractivity contribution in [1.29, 1.82) is 0 Å². The van der Waals surface area contributed by atoms with E-state index in [4.69, 9.17) is 9.05 Å². The third-order valence-electron chi connectivity index (χ3n) is 16.3. The number of amides is 1. The molecule has 0 aromatic heterocycles. The van der Waals surface area contributed by atoms with Crippen LogP contribution in [0.5, 0.6) is 0 Å². The highest BCUT2D eigenvalue weighted by Gasteiger charge is 2.28. The van der Waals surface area contributed by atoms with Gasteiger partial charge in [0.25, 0.3) is 0 Å². The van der Waals surface area contributed by atoms with Gasteiger partial charge in [0, 0.05) is 6.42 Å². The minimum atomic E-state index is -4.33. The van der Waals surface area contributed by atoms with Crippen molar-refractivity contribution in [2.24, 2.45) is 0 Å². The van der Waals surface area contributed by atoms with Crippen molar-refractivity contribution < 1.29 is 32.9 Å². The summed E-state index contributed by atoms with van der Waals surface area (Å²) in [6.07, 6.45) is 85.0. The van der Waals surface area contributed by atoms with Crippen LogP contribution in [0.2, 0.25) is 0 Å². The van der Waals surface area contributed by atoms with Crippen LogP contribution in [-0.4, -0.2) is 73.4 Å². The SMILES string of the molecule is CC/C=C\C/C=C\C/C=C\C/C=C\CCCCCCCCCCCCCCCCCCCCC(=O)NC(COP(=O)(O)OCC[N+](C)(C)C)C(O)CCCCCCCCCCCCCCCCCCCCCCCCCCCCCC. The van der Waals surface area contributed by atoms with E-state index >= 15 is 0 Å². The smallest absolute Gasteiger partial charge is 0.391 e. The number of aliphatic hydroxyl groups excluding tert-OH is 1. The Kier molecular flexibility index (Phi) is 61.8. The third-order valence-corrected chi connectivity index (χ3v) is 17.3. The van der Waals surface area contributed by atoms with Gasteiger partial charge in [-0.3, -0.25) is 13.8 Å². The van der Waals surface area contributed by atoms with Crippen LogP contribution in [0.1, 0.15) is 354 Å². The molecule has 81 heavy (non-hydrogen) atoms. The van der Waals surface area contributed by atoms with Gasteiger partial charge in [-0.05, 0) is 51.4 Å². The van der Waals surface area contributed by atoms with Gasteiger partial charge in [0.05, 0.1) is 39.9 Å². The van der Waals surface area contributed by atoms with Crippen LogP contribution in [-0.2, 0) is 18.4 Å². The lowest BCUT2D eigenvalue weighted by molar-refractivity contribution is -0.870. The van der Waals surface area contributed by atoms with Gasteiger partial charge in [-0.1, -0.05) is 345 Å². The van der Waals surface area contributed by atoms with Crippen molar-refractivity contribution in [2.45, 2.75) is 366 Å². The lowest BCUT2D eigenvalue weighted by Crippen LogP contribution is -2.46. The van der Waals surface area contributed by atoms with Crippen LogP contribution < -0.4 is 5.32 Å². The first kappa shape index (κ1) is 79.5. The Labute approximate surface area is 505 Å². The molecule has 3 atom stereocenters. The van der Waals surface area contributed by atoms with Gasteiger partial charge >= 0.3 is 7.82 Å². The van der Waals surface area contributed by atoms with Crippen molar-refractivity contribution in [3.8, 4) is 0 Å². The molecular weight excluding hydrogens is 1020 g/mol. The number of hydrogen-bond donors (Lipinski definition) is 3. The quantitative estimate of drug-likeness (QED) is 0.0243. The van der Waals surface area contributed by atoms with E-state index < -0.39 is 20.0 Å². The molecule has 0 aliphatic carbocycles. The number of likely N-dealkylation sites (N-methyl/N-ethyl adjacent to an activating group) is 1. The predicted octanol–water partition coefficient (Wildman–Crippen LogP) is 22.6. The van der Waals surface area contributed by atoms with E-state index in [0.29, 0.717) is 23.9 Å². The first-order valence-electron chi connectivity index (χ1n) is 35.5. The molecule has 0 fully saturated rings. The summed E-state index contributed by atoms with van der Waals surface area (Å²) in [6, 6.07) is -0.762. The lowest BCUT2D eigenvalue weighted by Gasteiger charge is -2.26. The van der Waals surface area contributed by atoms with E-state index in [-0.39, 0.29) is 19.1 Å². The molecule has 478 valence electrons. The molecule has 3 unspecified atom stereocenters. The molecule has 0 radical (unpaired) electrons. The average molecular weight is 1160 g/mol. The maximum Gasteiger partial charge on any atom is 0.472 e. The summed E-state index contributed by atoms with van der Waals surface area (Å²) >= 11 is 0. The maximum absolute atomic E-state index is 13.1. The number of phosphoric ester groups is 1. The van der Waals surface area contributed by atoms with Crippen molar-refractivity contribution >= 4 is 13.7 Å². The number of quaternary nitrogens is 1. The molecular formula is C72H140N2O6P+. The lowest BCUT2D eigenvalue weighted by atomic mass is 10.0. The zero-order chi connectivity index (χ0) is 59.1. The Balaban J connectivity index is 4.00. The Bertz CT molecular complexity index is 1460. The second-order valence-electron chi connectivity index (χ2n) is 25.6. The van der Waals surface area contributed by atoms with Gasteiger partial charge in [-0.25, -0.2) is 4.57 Å². The van der Waals surface area contributed by atoms with Crippen molar-refractivity contribution in [3.05, 3.63) is 48.6 Å². The largest absolute Gasteiger partial charge is 0.472 e. The highest BCUT2D eigenvalue weighted by Crippen LogP contribution is 2.43. The fourth-order valence-corrected chi connectivity index (χ4v) is 11.6. The topological polar surface area (TPSA) is 105 Å². The predicted molar refractivity (Wildman–Crippen MR) is 355 cm³/mol. The number of nitrogens with one attached hydrogen (secondary N) is 1. The average Bonchev–Trinajstić information content (AvgIpc) is 3.43. The highest BCUT2D eigenvalue weighted by atomic mass is 31.2. The van der Waals surface area contributed by atoms with Gasteiger partial charge in [-0.15, -0.1) is 0 Å². The molecule has 0 aliphatic heterocycles. The van der Waals surface area contributed by atoms with Crippen LogP contribution in [0, 0.1) is 0 Å². The van der Waals surface area contributed by atoms with E-state index in [0.717, 1.165) is 64.2 Å². The second-order valence-corrected chi connectivity index (χ2v) is 27.0. The molecule has 0 aromatic rings. The first-order chi connectivity index (χ1) is 39.5. The minimum Gasteiger partial charge on any atom is -0.391 e. The fraction of sp³-hybridized carbons (Fsp3) is 0.875. The second kappa shape index (κ2) is 63.0. The van der Waals surface area contributed by atoms with Gasteiger partial charge in [0.1, 0.15) is 13.2 Å². The number of allylic oxidation sites excluding steroid dienone is 8. The minimum absolute atomic E-state index is 0.0760. The monoisotopic (exact) mass is 1160 g/mol. The van der Waals surface area contributed by atoms with Crippen LogP contribution >= 0.6 is 7.82 Å². The summed E-state index contributed by atoms with van der Waals surface area (Å²) in [4.78, 5) is 23.5. The Morgan fingerprint density at radius 1 is 0.432 bits per heavy atom. The molecule has 0 aliphatic rings. The molecule has 0 bridgehead atoms. The number of hydrogen-bond acceptors (Lipinski definition) is 5. The molecule has 0 saturated heterocycles. The molecule has 1 amide bonds. The van der Waals surface area contributed by atoms with Gasteiger partial charge in [0.15, 0.2) is 0 Å². The zero-order valence-corrected chi connectivity index (χ0v) is 55.7. The standard InChI is InChI=1S/C72H139N2O6P/c1-6-8-10-12-14-16-18-20-22-24-26-28-30-32-34-36-37-38-40-42-44-46-48-50-52-54-56-58-60-62-64-66-72(76)73-70(69-80-81(77,78)79-68-67-74(3,4)5)71(75)65-63-61-59-57-55-53-51-49-47-45-43-41-39-35-33-31-29-27-25-23-21-19-17-15-13-11-9-7-2/h8,10,14,16,20,22,26,28,70-71,75H,6-7,9,11-13,15,17-19,21,23-25,27,29-69H2,1-5H3,(H-,73,76,77,78)/p+1/b10-8-,16-14-,22-20-,28-26-. The molecule has 0 spiro atoms. The Hall–Kier alpha value is -1.54. The van der Waals surface area contributed by atoms with Gasteiger partial charge < -0.3 is 19.8 Å². The zero-order valence-electron chi connectivity index (χ0n) is 54.8. The molecule has 3 N–H and O–H groups in total. The van der Waals surface area contributed by atoms with Crippen LogP contribution in [0.25, 0.3) is 0 Å². The molecule has 0 rings (SSSR count). The van der Waals surface area contributed by atoms with Crippen LogP contribution in [0.4, 0.5) is 0 Å². The first-order valence-corrected chi connectivity index (χ1v) is 37.0. The summed E-state index contributed by atoms with van der Waals surface area (Å²) in [5, 5.41) is 14.2. The van der Waals surface area contributed by atoms with Crippen LogP contribution in [0.3, 0.4) is 0 Å². The van der Waals surface area contributed by atoms with E-state index in [9.17, 15) is 19.4 Å². The summed E-state index contributed by atoms with van der Waals surface area (Å²) in [7, 11) is 1.63. The molecule has 0 aromatic carbocycles. The van der Waals surface area contributed by atoms with Crippen molar-refractivity contribution in [2.75, 3.05) is 40.9 Å². The summed E-state index contributed by atoms with van der Waals surface area (Å²) in [6.45, 7) is 4.83. The van der Waals surface area contributed by atoms with E-state index in [1.165, 1.54) is 263 Å². The molecule has 0 heterocycles. The summed E-state index contributed by atoms with van der Waals surface area (Å²) in [5.41, 5.74) is 0. The number of aliphatic hydroxyl groups is 1. The molecule has 0 saturated carbocycles. The number of carbonyl (C=O) groups is 1. The number of nitrogens with zero attached hydrogens (tertiary/aromatic N) is 1. The highest BCUT2D eigenvalue weighted by molar-refractivity contribution is 7.47. The molecule has 9 heteroatoms. The van der Waals surface area contributed by atoms with Crippen molar-refractivity contribution in [1.82, 2.24) is 5.32 Å². The number of phosphoric acid groups is 1. The normalized spacial score (nSPS) is 13.9. The number of carbonyl (C=O) groups excluding carboxylic acids is 1. The third kappa shape index (κ3) is 65.9. The fourth-order valence-electron chi connectivity index (χ4n) is 10.9. The Morgan fingerprint density at radius 3 is 1.09 bits per heavy atom. The van der Waals surface area contributed by atoms with Crippen molar-refractivity contribution in [3.63, 3.8) is 0 Å². The maximum atomic E-state index is 13.1. The summed E-state index contributed by atoms with van der Waals surface area (Å²) in [5.74, 6) is -0.138. The van der Waals surface area contributed by atoms with Gasteiger partial charge in [0.2, 0.25) is 5.91 Å². The summed E-state index contributed by atoms with van der Waals surface area (Å²) < 4.78 is 23.9. The van der Waals surface area contributed by atoms with E-state index in [1.807, 2.05) is 21.1 Å². The van der Waals surface area contributed by atoms with E-state index in [1.54, 1.807) is 0 Å². The van der Waals surface area contributed by atoms with Crippen LogP contribution in [0.15, 0.2) is 48.6 Å². The van der Waals surface area contributed by atoms with E-state index in [2.05, 4.69) is 67.8 Å². The Morgan fingerprint density at radius 2 is 0.741 bits per heavy atom. The van der Waals surface area contributed by atoms with Gasteiger partial charge in [-0.2, -0.15) is 0 Å². The molecule has 8 nitrogen and oxygen atoms in total. The number of unbranched alkanes of at least 4 members (excludes halogenated alkanes) is 45. The number of rotatable bonds is 66.